The molecule has 0 radical (unpaired) electrons. The van der Waals surface area contributed by atoms with Gasteiger partial charge < -0.3 is 10.6 Å². The fourth-order valence-electron chi connectivity index (χ4n) is 3.72. The largest absolute Gasteiger partial charge is 0.352 e. The quantitative estimate of drug-likeness (QED) is 0.402. The summed E-state index contributed by atoms with van der Waals surface area (Å²) >= 11 is 0. The van der Waals surface area contributed by atoms with Gasteiger partial charge in [-0.1, -0.05) is 48.5 Å². The molecule has 34 heavy (non-hydrogen) atoms. The lowest BCUT2D eigenvalue weighted by Gasteiger charge is -2.14. The van der Waals surface area contributed by atoms with E-state index in [-0.39, 0.29) is 11.8 Å². The van der Waals surface area contributed by atoms with Gasteiger partial charge in [0.25, 0.3) is 11.8 Å². The Labute approximate surface area is 199 Å². The Morgan fingerprint density at radius 3 is 1.38 bits per heavy atom. The highest BCUT2D eigenvalue weighted by Gasteiger charge is 2.17. The first-order chi connectivity index (χ1) is 16.7. The molecule has 2 amide bonds. The van der Waals surface area contributed by atoms with Crippen molar-refractivity contribution in [1.29, 1.82) is 0 Å². The van der Waals surface area contributed by atoms with E-state index in [4.69, 9.17) is 0 Å². The monoisotopic (exact) mass is 450 g/mol. The Morgan fingerprint density at radius 1 is 0.559 bits per heavy atom. The zero-order chi connectivity index (χ0) is 23.6. The lowest BCUT2D eigenvalue weighted by atomic mass is 9.94. The van der Waals surface area contributed by atoms with Crippen LogP contribution in [-0.4, -0.2) is 34.9 Å². The van der Waals surface area contributed by atoms with E-state index >= 15 is 0 Å². The van der Waals surface area contributed by atoms with E-state index in [0.717, 1.165) is 11.4 Å². The third kappa shape index (κ3) is 5.92. The maximum Gasteiger partial charge on any atom is 0.251 e. The van der Waals surface area contributed by atoms with Gasteiger partial charge in [0.15, 0.2) is 0 Å². The summed E-state index contributed by atoms with van der Waals surface area (Å²) in [6.45, 7) is 0.944. The minimum absolute atomic E-state index is 0.183. The molecule has 2 N–H and O–H groups in total. The summed E-state index contributed by atoms with van der Waals surface area (Å²) in [5.74, 6) is -0.367. The normalized spacial score (nSPS) is 10.5. The first-order valence-electron chi connectivity index (χ1n) is 11.3. The number of amides is 2. The number of pyridine rings is 2. The molecular formula is C28H26N4O2. The van der Waals surface area contributed by atoms with Crippen LogP contribution in [0.25, 0.3) is 11.1 Å². The van der Waals surface area contributed by atoms with Crippen molar-refractivity contribution in [3.8, 4) is 11.1 Å². The maximum absolute atomic E-state index is 13.0. The molecular weight excluding hydrogens is 424 g/mol. The fourth-order valence-corrected chi connectivity index (χ4v) is 3.72. The molecule has 4 aromatic rings. The zero-order valence-electron chi connectivity index (χ0n) is 18.8. The average Bonchev–Trinajstić information content (AvgIpc) is 2.90. The van der Waals surface area contributed by atoms with Gasteiger partial charge in [-0.05, 0) is 47.5 Å². The lowest BCUT2D eigenvalue weighted by Crippen LogP contribution is -2.27. The fraction of sp³-hybridized carbons (Fsp3) is 0.143. The van der Waals surface area contributed by atoms with Crippen molar-refractivity contribution in [2.75, 3.05) is 13.1 Å². The van der Waals surface area contributed by atoms with Crippen LogP contribution >= 0.6 is 0 Å². The average molecular weight is 451 g/mol. The molecule has 0 fully saturated rings. The van der Waals surface area contributed by atoms with Gasteiger partial charge in [0.2, 0.25) is 0 Å². The second kappa shape index (κ2) is 11.5. The summed E-state index contributed by atoms with van der Waals surface area (Å²) in [5, 5.41) is 5.94. The third-order valence-electron chi connectivity index (χ3n) is 5.42. The Bertz CT molecular complexity index is 1140. The Balaban J connectivity index is 1.47. The van der Waals surface area contributed by atoms with Crippen molar-refractivity contribution in [2.45, 2.75) is 12.8 Å². The highest BCUT2D eigenvalue weighted by Crippen LogP contribution is 2.27. The molecule has 0 saturated heterocycles. The molecule has 170 valence electrons. The van der Waals surface area contributed by atoms with Crippen molar-refractivity contribution in [2.24, 2.45) is 0 Å². The predicted molar refractivity (Wildman–Crippen MR) is 132 cm³/mol. The second-order valence-corrected chi connectivity index (χ2v) is 7.75. The van der Waals surface area contributed by atoms with E-state index < -0.39 is 0 Å². The van der Waals surface area contributed by atoms with Gasteiger partial charge in [-0.15, -0.1) is 0 Å². The molecule has 6 nitrogen and oxygen atoms in total. The summed E-state index contributed by atoms with van der Waals surface area (Å²) in [6, 6.07) is 26.1. The molecule has 0 spiro atoms. The molecule has 0 bridgehead atoms. The van der Waals surface area contributed by atoms with E-state index in [1.807, 2.05) is 72.8 Å². The van der Waals surface area contributed by atoms with Crippen LogP contribution in [0, 0.1) is 0 Å². The molecule has 2 aromatic heterocycles. The highest BCUT2D eigenvalue weighted by molar-refractivity contribution is 6.06. The summed E-state index contributed by atoms with van der Waals surface area (Å²) in [5.41, 5.74) is 4.32. The molecule has 0 saturated carbocycles. The van der Waals surface area contributed by atoms with Crippen molar-refractivity contribution >= 4 is 11.8 Å². The van der Waals surface area contributed by atoms with Gasteiger partial charge >= 0.3 is 0 Å². The van der Waals surface area contributed by atoms with Crippen LogP contribution in [0.1, 0.15) is 32.1 Å². The van der Waals surface area contributed by atoms with Gasteiger partial charge in [-0.25, -0.2) is 0 Å². The number of nitrogens with zero attached hydrogens (tertiary/aromatic N) is 2. The molecule has 0 unspecified atom stereocenters. The van der Waals surface area contributed by atoms with Crippen LogP contribution in [-0.2, 0) is 12.8 Å². The van der Waals surface area contributed by atoms with E-state index in [1.54, 1.807) is 24.5 Å². The number of nitrogens with one attached hydrogen (secondary N) is 2. The molecule has 4 rings (SSSR count). The van der Waals surface area contributed by atoms with Crippen molar-refractivity contribution in [3.05, 3.63) is 120 Å². The summed E-state index contributed by atoms with van der Waals surface area (Å²) < 4.78 is 0. The summed E-state index contributed by atoms with van der Waals surface area (Å²) in [6.07, 6.45) is 4.77. The SMILES string of the molecule is O=C(NCCc1ccccn1)c1ccccc1-c1ccccc1C(=O)NCCc1ccccn1. The molecule has 0 atom stereocenters. The zero-order valence-corrected chi connectivity index (χ0v) is 18.8. The van der Waals surface area contributed by atoms with E-state index in [1.165, 1.54) is 0 Å². The van der Waals surface area contributed by atoms with Gasteiger partial charge in [0.05, 0.1) is 0 Å². The molecule has 2 heterocycles. The Morgan fingerprint density at radius 2 is 0.971 bits per heavy atom. The van der Waals surface area contributed by atoms with Crippen LogP contribution in [0.15, 0.2) is 97.3 Å². The maximum atomic E-state index is 13.0. The molecule has 2 aromatic carbocycles. The predicted octanol–water partition coefficient (Wildman–Crippen LogP) is 4.09. The number of aromatic nitrogens is 2. The van der Waals surface area contributed by atoms with Gasteiger partial charge in [-0.2, -0.15) is 0 Å². The first kappa shape index (κ1) is 22.9. The van der Waals surface area contributed by atoms with Gasteiger partial charge in [-0.3, -0.25) is 19.6 Å². The van der Waals surface area contributed by atoms with Crippen LogP contribution in [0.5, 0.6) is 0 Å². The summed E-state index contributed by atoms with van der Waals surface area (Å²) in [4.78, 5) is 34.6. The third-order valence-corrected chi connectivity index (χ3v) is 5.42. The van der Waals surface area contributed by atoms with Crippen LogP contribution in [0.4, 0.5) is 0 Å². The highest BCUT2D eigenvalue weighted by atomic mass is 16.2. The number of hydrogen-bond acceptors (Lipinski definition) is 4. The molecule has 6 heteroatoms. The minimum atomic E-state index is -0.183. The van der Waals surface area contributed by atoms with Crippen molar-refractivity contribution < 1.29 is 9.59 Å². The smallest absolute Gasteiger partial charge is 0.251 e. The van der Waals surface area contributed by atoms with Crippen LogP contribution < -0.4 is 10.6 Å². The van der Waals surface area contributed by atoms with E-state index in [9.17, 15) is 9.59 Å². The number of carbonyl (C=O) groups is 2. The van der Waals surface area contributed by atoms with Crippen molar-refractivity contribution in [3.63, 3.8) is 0 Å². The number of benzene rings is 2. The number of hydrogen-bond donors (Lipinski definition) is 2. The molecule has 0 aliphatic rings. The first-order valence-corrected chi connectivity index (χ1v) is 11.3. The standard InChI is InChI=1S/C28H26N4O2/c33-27(31-19-15-21-9-5-7-17-29-21)25-13-3-1-11-23(25)24-12-2-4-14-26(24)28(34)32-20-16-22-10-6-8-18-30-22/h1-14,17-18H,15-16,19-20H2,(H,31,33)(H,32,34). The molecule has 0 aliphatic heterocycles. The van der Waals surface area contributed by atoms with Gasteiger partial charge in [0, 0.05) is 60.8 Å². The van der Waals surface area contributed by atoms with E-state index in [0.29, 0.717) is 48.2 Å². The molecule has 0 aliphatic carbocycles. The second-order valence-electron chi connectivity index (χ2n) is 7.75. The topological polar surface area (TPSA) is 84.0 Å². The Kier molecular flexibility index (Phi) is 7.74. The van der Waals surface area contributed by atoms with Crippen molar-refractivity contribution in [1.82, 2.24) is 20.6 Å². The number of rotatable bonds is 9. The van der Waals surface area contributed by atoms with Crippen LogP contribution in [0.2, 0.25) is 0 Å². The Hall–Kier alpha value is -4.32. The van der Waals surface area contributed by atoms with Crippen LogP contribution in [0.3, 0.4) is 0 Å². The summed E-state index contributed by atoms with van der Waals surface area (Å²) in [7, 11) is 0. The number of carbonyl (C=O) groups excluding carboxylic acids is 2. The lowest BCUT2D eigenvalue weighted by molar-refractivity contribution is 0.0944. The minimum Gasteiger partial charge on any atom is -0.352 e. The van der Waals surface area contributed by atoms with E-state index in [2.05, 4.69) is 20.6 Å². The van der Waals surface area contributed by atoms with Gasteiger partial charge in [0.1, 0.15) is 0 Å².